The second-order valence-electron chi connectivity index (χ2n) is 5.85. The molecule has 0 spiro atoms. The zero-order valence-corrected chi connectivity index (χ0v) is 12.4. The van der Waals surface area contributed by atoms with Crippen molar-refractivity contribution in [3.8, 4) is 0 Å². The van der Waals surface area contributed by atoms with Crippen LogP contribution in [0.4, 0.5) is 14.5 Å². The Bertz CT molecular complexity index is 657. The number of nitrogens with one attached hydrogen (secondary N) is 1. The number of hydrogen-bond acceptors (Lipinski definition) is 4. The van der Waals surface area contributed by atoms with Crippen molar-refractivity contribution in [2.75, 3.05) is 18.0 Å². The van der Waals surface area contributed by atoms with E-state index in [4.69, 9.17) is 0 Å². The summed E-state index contributed by atoms with van der Waals surface area (Å²) < 4.78 is 28.8. The van der Waals surface area contributed by atoms with Crippen LogP contribution in [0.25, 0.3) is 0 Å². The molecular formula is C16H16F2N2O3. The predicted octanol–water partition coefficient (Wildman–Crippen LogP) is 1.65. The van der Waals surface area contributed by atoms with Crippen molar-refractivity contribution in [2.24, 2.45) is 0 Å². The minimum absolute atomic E-state index is 0.0608. The Morgan fingerprint density at radius 1 is 1.00 bits per heavy atom. The molecule has 2 fully saturated rings. The lowest BCUT2D eigenvalue weighted by Gasteiger charge is -2.29. The molecule has 7 heteroatoms. The van der Waals surface area contributed by atoms with E-state index in [1.165, 1.54) is 12.1 Å². The SMILES string of the molecule is O=C1CCN(c2cc(F)c([C@H]3CCC(=O)NC3=O)c(F)c2)CC1. The largest absolute Gasteiger partial charge is 0.370 e. The van der Waals surface area contributed by atoms with Crippen molar-refractivity contribution in [1.82, 2.24) is 5.32 Å². The number of Topliss-reactive ketones (excluding diaryl/α,β-unsaturated/α-hetero) is 1. The van der Waals surface area contributed by atoms with Gasteiger partial charge in [0.2, 0.25) is 11.8 Å². The first-order chi connectivity index (χ1) is 11.0. The van der Waals surface area contributed by atoms with Crippen LogP contribution in [0.15, 0.2) is 12.1 Å². The lowest BCUT2D eigenvalue weighted by Crippen LogP contribution is -2.40. The van der Waals surface area contributed by atoms with Crippen molar-refractivity contribution in [3.05, 3.63) is 29.3 Å². The van der Waals surface area contributed by atoms with Gasteiger partial charge in [-0.05, 0) is 18.6 Å². The molecule has 1 aromatic rings. The predicted molar refractivity (Wildman–Crippen MR) is 77.9 cm³/mol. The van der Waals surface area contributed by atoms with Gasteiger partial charge in [-0.1, -0.05) is 0 Å². The van der Waals surface area contributed by atoms with Gasteiger partial charge in [0.1, 0.15) is 17.4 Å². The van der Waals surface area contributed by atoms with Crippen molar-refractivity contribution in [1.29, 1.82) is 0 Å². The van der Waals surface area contributed by atoms with Crippen LogP contribution in [0, 0.1) is 11.6 Å². The molecule has 1 N–H and O–H groups in total. The van der Waals surface area contributed by atoms with E-state index >= 15 is 0 Å². The van der Waals surface area contributed by atoms with Gasteiger partial charge in [0.25, 0.3) is 0 Å². The summed E-state index contributed by atoms with van der Waals surface area (Å²) in [4.78, 5) is 36.0. The van der Waals surface area contributed by atoms with E-state index in [1.807, 2.05) is 0 Å². The highest BCUT2D eigenvalue weighted by Crippen LogP contribution is 2.32. The average Bonchev–Trinajstić information content (AvgIpc) is 2.49. The van der Waals surface area contributed by atoms with Crippen LogP contribution in [-0.2, 0) is 14.4 Å². The van der Waals surface area contributed by atoms with Gasteiger partial charge in [-0.3, -0.25) is 19.7 Å². The molecule has 2 saturated heterocycles. The first kappa shape index (κ1) is 15.6. The normalized spacial score (nSPS) is 22.3. The topological polar surface area (TPSA) is 66.5 Å². The fourth-order valence-corrected chi connectivity index (χ4v) is 3.07. The summed E-state index contributed by atoms with van der Waals surface area (Å²) in [5.74, 6) is -3.55. The Labute approximate surface area is 131 Å². The maximum absolute atomic E-state index is 14.4. The standard InChI is InChI=1S/C16H16F2N2O3/c17-12-7-9(20-5-3-10(21)4-6-20)8-13(18)15(12)11-1-2-14(22)19-16(11)23/h7-8,11H,1-6H2,(H,19,22,23)/t11-/m1/s1. The Balaban J connectivity index is 1.87. The highest BCUT2D eigenvalue weighted by atomic mass is 19.1. The number of imide groups is 1. The molecule has 0 saturated carbocycles. The summed E-state index contributed by atoms with van der Waals surface area (Å²) >= 11 is 0. The molecule has 2 aliphatic heterocycles. The molecule has 2 amide bonds. The fourth-order valence-electron chi connectivity index (χ4n) is 3.07. The van der Waals surface area contributed by atoms with Gasteiger partial charge >= 0.3 is 0 Å². The number of hydrogen-bond donors (Lipinski definition) is 1. The number of benzene rings is 1. The van der Waals surface area contributed by atoms with Gasteiger partial charge in [-0.25, -0.2) is 8.78 Å². The smallest absolute Gasteiger partial charge is 0.234 e. The molecular weight excluding hydrogens is 306 g/mol. The number of carbonyl (C=O) groups excluding carboxylic acids is 3. The third-order valence-corrected chi connectivity index (χ3v) is 4.34. The number of halogens is 2. The van der Waals surface area contributed by atoms with E-state index in [-0.39, 0.29) is 24.2 Å². The molecule has 0 bridgehead atoms. The van der Waals surface area contributed by atoms with E-state index in [2.05, 4.69) is 5.32 Å². The molecule has 0 radical (unpaired) electrons. The van der Waals surface area contributed by atoms with E-state index in [0.29, 0.717) is 31.6 Å². The van der Waals surface area contributed by atoms with Crippen molar-refractivity contribution >= 4 is 23.3 Å². The Morgan fingerprint density at radius 2 is 1.61 bits per heavy atom. The number of piperidine rings is 2. The van der Waals surface area contributed by atoms with Crippen LogP contribution in [0.2, 0.25) is 0 Å². The first-order valence-corrected chi connectivity index (χ1v) is 7.55. The molecule has 0 unspecified atom stereocenters. The van der Waals surface area contributed by atoms with Crippen molar-refractivity contribution in [3.63, 3.8) is 0 Å². The molecule has 2 aliphatic rings. The highest BCUT2D eigenvalue weighted by molar-refractivity contribution is 6.01. The van der Waals surface area contributed by atoms with E-state index in [1.54, 1.807) is 4.90 Å². The number of rotatable bonds is 2. The zero-order valence-electron chi connectivity index (χ0n) is 12.4. The second kappa shape index (κ2) is 6.06. The van der Waals surface area contributed by atoms with Crippen LogP contribution < -0.4 is 10.2 Å². The van der Waals surface area contributed by atoms with Crippen molar-refractivity contribution in [2.45, 2.75) is 31.6 Å². The third kappa shape index (κ3) is 3.09. The second-order valence-corrected chi connectivity index (χ2v) is 5.85. The minimum atomic E-state index is -0.996. The summed E-state index contributed by atoms with van der Waals surface area (Å²) in [6.45, 7) is 0.852. The van der Waals surface area contributed by atoms with E-state index < -0.39 is 29.4 Å². The maximum atomic E-state index is 14.4. The molecule has 23 heavy (non-hydrogen) atoms. The fraction of sp³-hybridized carbons (Fsp3) is 0.438. The molecule has 1 aromatic carbocycles. The van der Waals surface area contributed by atoms with Crippen LogP contribution in [-0.4, -0.2) is 30.7 Å². The highest BCUT2D eigenvalue weighted by Gasteiger charge is 2.33. The molecule has 3 rings (SSSR count). The molecule has 2 heterocycles. The van der Waals surface area contributed by atoms with E-state index in [9.17, 15) is 23.2 Å². The quantitative estimate of drug-likeness (QED) is 0.841. The monoisotopic (exact) mass is 322 g/mol. The summed E-state index contributed by atoms with van der Waals surface area (Å²) in [6.07, 6.45) is 0.873. The first-order valence-electron chi connectivity index (χ1n) is 7.55. The van der Waals surface area contributed by atoms with Crippen LogP contribution in [0.5, 0.6) is 0 Å². The van der Waals surface area contributed by atoms with Gasteiger partial charge in [0, 0.05) is 43.6 Å². The van der Waals surface area contributed by atoms with Crippen LogP contribution in [0.1, 0.15) is 37.2 Å². The lowest BCUT2D eigenvalue weighted by atomic mass is 9.89. The number of carbonyl (C=O) groups is 3. The molecule has 0 aromatic heterocycles. The van der Waals surface area contributed by atoms with E-state index in [0.717, 1.165) is 0 Å². The zero-order chi connectivity index (χ0) is 16.6. The van der Waals surface area contributed by atoms with Gasteiger partial charge in [-0.2, -0.15) is 0 Å². The summed E-state index contributed by atoms with van der Waals surface area (Å²) in [7, 11) is 0. The van der Waals surface area contributed by atoms with Crippen LogP contribution in [0.3, 0.4) is 0 Å². The molecule has 0 aliphatic carbocycles. The Morgan fingerprint density at radius 3 is 2.17 bits per heavy atom. The van der Waals surface area contributed by atoms with Gasteiger partial charge in [0.15, 0.2) is 0 Å². The molecule has 1 atom stereocenters. The minimum Gasteiger partial charge on any atom is -0.370 e. The summed E-state index contributed by atoms with van der Waals surface area (Å²) in [5, 5.41) is 2.11. The number of amides is 2. The molecule has 5 nitrogen and oxygen atoms in total. The number of ketones is 1. The Kier molecular flexibility index (Phi) is 4.11. The van der Waals surface area contributed by atoms with Gasteiger partial charge in [0.05, 0.1) is 5.92 Å². The van der Waals surface area contributed by atoms with Crippen molar-refractivity contribution < 1.29 is 23.2 Å². The van der Waals surface area contributed by atoms with Crippen LogP contribution >= 0.6 is 0 Å². The van der Waals surface area contributed by atoms with Gasteiger partial charge in [-0.15, -0.1) is 0 Å². The summed E-state index contributed by atoms with van der Waals surface area (Å²) in [5.41, 5.74) is 0.0652. The average molecular weight is 322 g/mol. The Hall–Kier alpha value is -2.31. The van der Waals surface area contributed by atoms with Gasteiger partial charge < -0.3 is 4.90 Å². The number of anilines is 1. The third-order valence-electron chi connectivity index (χ3n) is 4.34. The maximum Gasteiger partial charge on any atom is 0.234 e. The lowest BCUT2D eigenvalue weighted by molar-refractivity contribution is -0.134. The summed E-state index contributed by atoms with van der Waals surface area (Å²) in [6, 6.07) is 2.38. The number of nitrogens with zero attached hydrogens (tertiary/aromatic N) is 1. The molecule has 122 valence electrons.